The maximum atomic E-state index is 10.8. The van der Waals surface area contributed by atoms with Gasteiger partial charge in [0.2, 0.25) is 0 Å². The molecule has 0 saturated heterocycles. The predicted octanol–water partition coefficient (Wildman–Crippen LogP) is 1.43. The maximum absolute atomic E-state index is 10.8. The molecule has 0 aromatic carbocycles. The first-order valence-electron chi connectivity index (χ1n) is 3.69. The molecule has 0 aliphatic carbocycles. The molecule has 0 aliphatic heterocycles. The Balaban J connectivity index is 0.00000144. The number of aryl methyl sites for hydroxylation is 1. The molecule has 0 amide bonds. The molecule has 1 N–H and O–H groups in total. The van der Waals surface area contributed by atoms with Gasteiger partial charge in [0, 0.05) is 6.20 Å². The van der Waals surface area contributed by atoms with E-state index < -0.39 is 11.5 Å². The smallest absolute Gasteiger partial charge is 0.329 e. The van der Waals surface area contributed by atoms with Gasteiger partial charge in [0.15, 0.2) is 0 Å². The van der Waals surface area contributed by atoms with Crippen LogP contribution in [0.3, 0.4) is 0 Å². The van der Waals surface area contributed by atoms with Crippen molar-refractivity contribution in [2.45, 2.75) is 26.3 Å². The molecule has 0 saturated carbocycles. The van der Waals surface area contributed by atoms with Crippen molar-refractivity contribution in [2.24, 2.45) is 0 Å². The molecular weight excluding hydrogens is 192 g/mol. The number of carboxylic acid groups (broad SMARTS) is 1. The van der Waals surface area contributed by atoms with Crippen LogP contribution >= 0.6 is 12.4 Å². The van der Waals surface area contributed by atoms with Gasteiger partial charge in [0.1, 0.15) is 5.54 Å². The second-order valence-corrected chi connectivity index (χ2v) is 3.29. The maximum Gasteiger partial charge on any atom is 0.329 e. The summed E-state index contributed by atoms with van der Waals surface area (Å²) < 4.78 is 1.59. The number of nitrogens with zero attached hydrogens (tertiary/aromatic N) is 2. The minimum Gasteiger partial charge on any atom is -0.480 e. The molecule has 1 rings (SSSR count). The van der Waals surface area contributed by atoms with Gasteiger partial charge >= 0.3 is 5.97 Å². The van der Waals surface area contributed by atoms with Crippen LogP contribution in [0.25, 0.3) is 0 Å². The number of rotatable bonds is 2. The van der Waals surface area contributed by atoms with Crippen molar-refractivity contribution in [2.75, 3.05) is 0 Å². The van der Waals surface area contributed by atoms with Gasteiger partial charge in [-0.25, -0.2) is 9.78 Å². The van der Waals surface area contributed by atoms with Crippen molar-refractivity contribution >= 4 is 18.4 Å². The van der Waals surface area contributed by atoms with Crippen LogP contribution in [0.15, 0.2) is 12.5 Å². The summed E-state index contributed by atoms with van der Waals surface area (Å²) in [4.78, 5) is 14.7. The fraction of sp³-hybridized carbons (Fsp3) is 0.500. The molecule has 74 valence electrons. The molecular formula is C8H13ClN2O2. The number of aromatic nitrogens is 2. The lowest BCUT2D eigenvalue weighted by atomic mass is 10.1. The first-order valence-corrected chi connectivity index (χ1v) is 3.69. The van der Waals surface area contributed by atoms with E-state index in [2.05, 4.69) is 4.98 Å². The lowest BCUT2D eigenvalue weighted by molar-refractivity contribution is -0.145. The molecule has 1 aromatic heterocycles. The quantitative estimate of drug-likeness (QED) is 0.793. The van der Waals surface area contributed by atoms with Crippen molar-refractivity contribution in [3.05, 3.63) is 18.2 Å². The van der Waals surface area contributed by atoms with Crippen molar-refractivity contribution in [1.29, 1.82) is 0 Å². The van der Waals surface area contributed by atoms with Crippen molar-refractivity contribution in [3.8, 4) is 0 Å². The van der Waals surface area contributed by atoms with Gasteiger partial charge in [-0.05, 0) is 20.8 Å². The van der Waals surface area contributed by atoms with Crippen LogP contribution in [0.5, 0.6) is 0 Å². The molecule has 0 spiro atoms. The van der Waals surface area contributed by atoms with Crippen LogP contribution in [0.1, 0.15) is 19.5 Å². The van der Waals surface area contributed by atoms with Crippen molar-refractivity contribution in [3.63, 3.8) is 0 Å². The Hall–Kier alpha value is -1.03. The van der Waals surface area contributed by atoms with E-state index in [1.165, 1.54) is 6.33 Å². The number of carbonyl (C=O) groups is 1. The zero-order chi connectivity index (χ0) is 9.35. The third-order valence-corrected chi connectivity index (χ3v) is 1.88. The third-order valence-electron chi connectivity index (χ3n) is 1.88. The summed E-state index contributed by atoms with van der Waals surface area (Å²) in [6.07, 6.45) is 3.25. The zero-order valence-corrected chi connectivity index (χ0v) is 8.63. The van der Waals surface area contributed by atoms with Crippen LogP contribution in [0.4, 0.5) is 0 Å². The molecule has 0 atom stereocenters. The van der Waals surface area contributed by atoms with Gasteiger partial charge in [-0.1, -0.05) is 0 Å². The Kier molecular flexibility index (Phi) is 3.49. The average Bonchev–Trinajstić information content (AvgIpc) is 2.35. The highest BCUT2D eigenvalue weighted by Crippen LogP contribution is 2.14. The molecule has 1 heterocycles. The van der Waals surface area contributed by atoms with Gasteiger partial charge in [0.25, 0.3) is 0 Å². The Morgan fingerprint density at radius 1 is 1.62 bits per heavy atom. The first-order chi connectivity index (χ1) is 5.44. The van der Waals surface area contributed by atoms with Crippen LogP contribution < -0.4 is 0 Å². The summed E-state index contributed by atoms with van der Waals surface area (Å²) in [6, 6.07) is 0. The summed E-state index contributed by atoms with van der Waals surface area (Å²) in [5.74, 6) is -0.861. The molecule has 0 unspecified atom stereocenters. The zero-order valence-electron chi connectivity index (χ0n) is 7.81. The van der Waals surface area contributed by atoms with Gasteiger partial charge in [-0.2, -0.15) is 0 Å². The van der Waals surface area contributed by atoms with Gasteiger partial charge in [-0.15, -0.1) is 12.4 Å². The second-order valence-electron chi connectivity index (χ2n) is 3.29. The minimum absolute atomic E-state index is 0. The standard InChI is InChI=1S/C8H12N2O2.ClH/c1-6-4-10(5-9-6)8(2,3)7(11)12;/h4-5H,1-3H3,(H,11,12);1H. The van der Waals surface area contributed by atoms with E-state index in [1.54, 1.807) is 24.6 Å². The number of hydrogen-bond acceptors (Lipinski definition) is 2. The van der Waals surface area contributed by atoms with Gasteiger partial charge in [-0.3, -0.25) is 0 Å². The summed E-state index contributed by atoms with van der Waals surface area (Å²) in [5.41, 5.74) is -0.0920. The first kappa shape index (κ1) is 12.0. The molecule has 0 radical (unpaired) electrons. The molecule has 0 fully saturated rings. The van der Waals surface area contributed by atoms with Crippen molar-refractivity contribution < 1.29 is 9.90 Å². The Labute approximate surface area is 83.0 Å². The normalized spacial score (nSPS) is 10.7. The molecule has 13 heavy (non-hydrogen) atoms. The lowest BCUT2D eigenvalue weighted by Gasteiger charge is -2.20. The fourth-order valence-corrected chi connectivity index (χ4v) is 0.837. The van der Waals surface area contributed by atoms with E-state index in [1.807, 2.05) is 6.92 Å². The molecule has 4 nitrogen and oxygen atoms in total. The third kappa shape index (κ3) is 2.21. The number of hydrogen-bond donors (Lipinski definition) is 1. The van der Waals surface area contributed by atoms with E-state index in [4.69, 9.17) is 5.11 Å². The average molecular weight is 205 g/mol. The van der Waals surface area contributed by atoms with E-state index in [0.717, 1.165) is 5.69 Å². The fourth-order valence-electron chi connectivity index (χ4n) is 0.837. The van der Waals surface area contributed by atoms with Crippen LogP contribution in [-0.4, -0.2) is 20.6 Å². The van der Waals surface area contributed by atoms with Gasteiger partial charge in [0.05, 0.1) is 12.0 Å². The van der Waals surface area contributed by atoms with Gasteiger partial charge < -0.3 is 9.67 Å². The monoisotopic (exact) mass is 204 g/mol. The molecule has 5 heteroatoms. The Morgan fingerprint density at radius 2 is 2.15 bits per heavy atom. The summed E-state index contributed by atoms with van der Waals surface area (Å²) >= 11 is 0. The van der Waals surface area contributed by atoms with Crippen molar-refractivity contribution in [1.82, 2.24) is 9.55 Å². The Bertz CT molecular complexity index is 307. The molecule has 1 aromatic rings. The van der Waals surface area contributed by atoms with Crippen LogP contribution in [0.2, 0.25) is 0 Å². The highest BCUT2D eigenvalue weighted by atomic mass is 35.5. The lowest BCUT2D eigenvalue weighted by Crippen LogP contribution is -2.34. The Morgan fingerprint density at radius 3 is 2.46 bits per heavy atom. The molecule has 0 bridgehead atoms. The summed E-state index contributed by atoms with van der Waals surface area (Å²) in [6.45, 7) is 5.10. The van der Waals surface area contributed by atoms with E-state index >= 15 is 0 Å². The van der Waals surface area contributed by atoms with E-state index in [9.17, 15) is 4.79 Å². The highest BCUT2D eigenvalue weighted by molar-refractivity contribution is 5.85. The summed E-state index contributed by atoms with van der Waals surface area (Å²) in [7, 11) is 0. The molecule has 0 aliphatic rings. The minimum atomic E-state index is -0.915. The topological polar surface area (TPSA) is 55.1 Å². The van der Waals surface area contributed by atoms with Crippen LogP contribution in [-0.2, 0) is 10.3 Å². The van der Waals surface area contributed by atoms with Crippen LogP contribution in [0, 0.1) is 6.92 Å². The number of aliphatic carboxylic acids is 1. The number of carboxylic acids is 1. The number of halogens is 1. The summed E-state index contributed by atoms with van der Waals surface area (Å²) in [5, 5.41) is 8.86. The highest BCUT2D eigenvalue weighted by Gasteiger charge is 2.28. The SMILES string of the molecule is Cc1cn(C(C)(C)C(=O)O)cn1.Cl. The second kappa shape index (κ2) is 3.79. The number of imidazole rings is 1. The largest absolute Gasteiger partial charge is 0.480 e. The van der Waals surface area contributed by atoms with E-state index in [-0.39, 0.29) is 12.4 Å². The van der Waals surface area contributed by atoms with E-state index in [0.29, 0.717) is 0 Å². The predicted molar refractivity (Wildman–Crippen MR) is 51.2 cm³/mol.